The average molecular weight is 359 g/mol. The summed E-state index contributed by atoms with van der Waals surface area (Å²) in [6, 6.07) is 5.40. The number of benzene rings is 1. The predicted molar refractivity (Wildman–Crippen MR) is 94.9 cm³/mol. The van der Waals surface area contributed by atoms with Crippen molar-refractivity contribution in [3.05, 3.63) is 39.9 Å². The standard InChI is InChI=1S/C18H21NO5Si/c1-17-15(9-10-18(17,24-17)11-12-25(2,3)4)23-16(20)13-5-7-14(8-6-13)19(21)22/h5-8,15H,9-10H2,1-4H3/t15-,17-,18-/m0/s1. The largest absolute Gasteiger partial charge is 0.456 e. The summed E-state index contributed by atoms with van der Waals surface area (Å²) in [6.45, 7) is 8.47. The summed E-state index contributed by atoms with van der Waals surface area (Å²) < 4.78 is 11.5. The Hall–Kier alpha value is -2.17. The van der Waals surface area contributed by atoms with E-state index >= 15 is 0 Å². The fourth-order valence-electron chi connectivity index (χ4n) is 3.16. The van der Waals surface area contributed by atoms with Crippen LogP contribution in [0.5, 0.6) is 0 Å². The molecule has 1 saturated carbocycles. The predicted octanol–water partition coefficient (Wildman–Crippen LogP) is 3.32. The summed E-state index contributed by atoms with van der Waals surface area (Å²) in [6.07, 6.45) is 1.10. The molecule has 1 aromatic carbocycles. The summed E-state index contributed by atoms with van der Waals surface area (Å²) in [4.78, 5) is 22.5. The van der Waals surface area contributed by atoms with E-state index in [9.17, 15) is 14.9 Å². The molecule has 25 heavy (non-hydrogen) atoms. The van der Waals surface area contributed by atoms with Crippen LogP contribution in [-0.4, -0.2) is 36.3 Å². The summed E-state index contributed by atoms with van der Waals surface area (Å²) in [5.41, 5.74) is 2.53. The zero-order chi connectivity index (χ0) is 18.5. The fourth-order valence-corrected chi connectivity index (χ4v) is 3.74. The molecule has 0 N–H and O–H groups in total. The highest BCUT2D eigenvalue weighted by molar-refractivity contribution is 6.83. The van der Waals surface area contributed by atoms with E-state index in [0.29, 0.717) is 12.0 Å². The van der Waals surface area contributed by atoms with Gasteiger partial charge in [0.1, 0.15) is 19.8 Å². The molecule has 0 radical (unpaired) electrons. The number of esters is 1. The molecule has 2 fully saturated rings. The van der Waals surface area contributed by atoms with Crippen molar-refractivity contribution in [3.63, 3.8) is 0 Å². The Morgan fingerprint density at radius 3 is 2.52 bits per heavy atom. The molecule has 0 aromatic heterocycles. The van der Waals surface area contributed by atoms with Gasteiger partial charge in [-0.15, -0.1) is 5.54 Å². The van der Waals surface area contributed by atoms with Gasteiger partial charge in [-0.2, -0.15) is 0 Å². The lowest BCUT2D eigenvalue weighted by atomic mass is 9.98. The van der Waals surface area contributed by atoms with Crippen LogP contribution in [0.15, 0.2) is 24.3 Å². The number of carbonyl (C=O) groups is 1. The Labute approximate surface area is 147 Å². The number of nitro benzene ring substituents is 1. The SMILES string of the molecule is C[C@@]12O[C@]1(C#C[Si](C)(C)C)CC[C@@H]2OC(=O)c1ccc([N+](=O)[O-])cc1. The molecule has 132 valence electrons. The van der Waals surface area contributed by atoms with Gasteiger partial charge in [-0.1, -0.05) is 25.6 Å². The van der Waals surface area contributed by atoms with Crippen LogP contribution in [0.1, 0.15) is 30.1 Å². The van der Waals surface area contributed by atoms with Crippen molar-refractivity contribution in [1.29, 1.82) is 0 Å². The van der Waals surface area contributed by atoms with Crippen LogP contribution in [0.4, 0.5) is 5.69 Å². The number of ether oxygens (including phenoxy) is 2. The van der Waals surface area contributed by atoms with Crippen LogP contribution < -0.4 is 0 Å². The Bertz CT molecular complexity index is 784. The summed E-state index contributed by atoms with van der Waals surface area (Å²) in [5, 5.41) is 10.7. The third-order valence-electron chi connectivity index (χ3n) is 4.72. The molecule has 0 unspecified atom stereocenters. The second-order valence-corrected chi connectivity index (χ2v) is 12.5. The number of epoxide rings is 1. The van der Waals surface area contributed by atoms with Crippen molar-refractivity contribution in [2.75, 3.05) is 0 Å². The van der Waals surface area contributed by atoms with Crippen LogP contribution >= 0.6 is 0 Å². The number of rotatable bonds is 3. The van der Waals surface area contributed by atoms with Gasteiger partial charge in [0.2, 0.25) is 0 Å². The number of nitrogens with zero attached hydrogens (tertiary/aromatic N) is 1. The van der Waals surface area contributed by atoms with Gasteiger partial charge in [0, 0.05) is 12.1 Å². The van der Waals surface area contributed by atoms with Crippen LogP contribution in [0.3, 0.4) is 0 Å². The minimum absolute atomic E-state index is 0.0597. The Morgan fingerprint density at radius 1 is 1.36 bits per heavy atom. The maximum absolute atomic E-state index is 12.3. The Morgan fingerprint density at radius 2 is 2.00 bits per heavy atom. The van der Waals surface area contributed by atoms with E-state index in [0.717, 1.165) is 6.42 Å². The topological polar surface area (TPSA) is 82.0 Å². The molecule has 0 bridgehead atoms. The normalized spacial score (nSPS) is 30.0. The second kappa shape index (κ2) is 5.68. The average Bonchev–Trinajstić information content (AvgIpc) is 3.06. The summed E-state index contributed by atoms with van der Waals surface area (Å²) >= 11 is 0. The zero-order valence-electron chi connectivity index (χ0n) is 14.8. The number of carbonyl (C=O) groups excluding carboxylic acids is 1. The first-order valence-electron chi connectivity index (χ1n) is 8.26. The van der Waals surface area contributed by atoms with Crippen molar-refractivity contribution in [2.24, 2.45) is 0 Å². The lowest BCUT2D eigenvalue weighted by Gasteiger charge is -2.17. The molecule has 6 nitrogen and oxygen atoms in total. The fraction of sp³-hybridized carbons (Fsp3) is 0.500. The number of hydrogen-bond acceptors (Lipinski definition) is 5. The highest BCUT2D eigenvalue weighted by Gasteiger charge is 2.75. The third-order valence-corrected chi connectivity index (χ3v) is 5.60. The lowest BCUT2D eigenvalue weighted by Crippen LogP contribution is -2.31. The van der Waals surface area contributed by atoms with Gasteiger partial charge in [0.15, 0.2) is 5.60 Å². The van der Waals surface area contributed by atoms with Gasteiger partial charge < -0.3 is 9.47 Å². The molecular formula is C18H21NO5Si. The van der Waals surface area contributed by atoms with Gasteiger partial charge in [-0.25, -0.2) is 4.79 Å². The maximum atomic E-state index is 12.3. The first-order chi connectivity index (χ1) is 11.6. The molecule has 1 saturated heterocycles. The highest BCUT2D eigenvalue weighted by Crippen LogP contribution is 2.60. The highest BCUT2D eigenvalue weighted by atomic mass is 28.3. The van der Waals surface area contributed by atoms with E-state index in [-0.39, 0.29) is 11.8 Å². The molecule has 2 aliphatic rings. The van der Waals surface area contributed by atoms with Crippen LogP contribution in [-0.2, 0) is 9.47 Å². The number of fused-ring (bicyclic) bond motifs is 1. The number of non-ortho nitro benzene ring substituents is 1. The van der Waals surface area contributed by atoms with E-state index in [1.807, 2.05) is 6.92 Å². The smallest absolute Gasteiger partial charge is 0.338 e. The molecule has 3 rings (SSSR count). The molecule has 0 amide bonds. The second-order valence-electron chi connectivity index (χ2n) is 7.77. The van der Waals surface area contributed by atoms with Crippen LogP contribution in [0.2, 0.25) is 19.6 Å². The molecule has 3 atom stereocenters. The maximum Gasteiger partial charge on any atom is 0.338 e. The van der Waals surface area contributed by atoms with E-state index in [4.69, 9.17) is 9.47 Å². The molecule has 1 aliphatic heterocycles. The van der Waals surface area contributed by atoms with Crippen molar-refractivity contribution in [1.82, 2.24) is 0 Å². The molecule has 1 aliphatic carbocycles. The van der Waals surface area contributed by atoms with Gasteiger partial charge >= 0.3 is 5.97 Å². The third kappa shape index (κ3) is 3.19. The molecule has 1 aromatic rings. The monoisotopic (exact) mass is 359 g/mol. The summed E-state index contributed by atoms with van der Waals surface area (Å²) in [7, 11) is -1.50. The van der Waals surface area contributed by atoms with E-state index in [1.54, 1.807) is 0 Å². The number of nitro groups is 1. The van der Waals surface area contributed by atoms with Gasteiger partial charge in [0.05, 0.1) is 10.5 Å². The Balaban J connectivity index is 1.69. The molecule has 7 heteroatoms. The minimum atomic E-state index is -1.50. The van der Waals surface area contributed by atoms with E-state index in [2.05, 4.69) is 31.1 Å². The lowest BCUT2D eigenvalue weighted by molar-refractivity contribution is -0.384. The summed E-state index contributed by atoms with van der Waals surface area (Å²) in [5.74, 6) is 2.80. The van der Waals surface area contributed by atoms with Crippen molar-refractivity contribution in [3.8, 4) is 11.5 Å². The minimum Gasteiger partial charge on any atom is -0.456 e. The zero-order valence-corrected chi connectivity index (χ0v) is 15.8. The van der Waals surface area contributed by atoms with Crippen LogP contribution in [0, 0.1) is 21.6 Å². The first kappa shape index (κ1) is 17.6. The first-order valence-corrected chi connectivity index (χ1v) is 11.8. The van der Waals surface area contributed by atoms with Gasteiger partial charge in [0.25, 0.3) is 5.69 Å². The van der Waals surface area contributed by atoms with E-state index in [1.165, 1.54) is 24.3 Å². The Kier molecular flexibility index (Phi) is 4.01. The molecular weight excluding hydrogens is 338 g/mol. The van der Waals surface area contributed by atoms with Crippen molar-refractivity contribution in [2.45, 2.75) is 56.7 Å². The van der Waals surface area contributed by atoms with Gasteiger partial charge in [-0.05, 0) is 31.9 Å². The molecule has 1 heterocycles. The quantitative estimate of drug-likeness (QED) is 0.206. The number of hydrogen-bond donors (Lipinski definition) is 0. The van der Waals surface area contributed by atoms with Gasteiger partial charge in [-0.3, -0.25) is 10.1 Å². The van der Waals surface area contributed by atoms with Crippen LogP contribution in [0.25, 0.3) is 0 Å². The van der Waals surface area contributed by atoms with Crippen molar-refractivity contribution >= 4 is 19.7 Å². The van der Waals surface area contributed by atoms with E-state index < -0.39 is 30.2 Å². The molecule has 0 spiro atoms. The van der Waals surface area contributed by atoms with Crippen molar-refractivity contribution < 1.29 is 19.2 Å².